The number of nitrogens with two attached hydrogens (primary N) is 1. The Hall–Kier alpha value is -2.04. The van der Waals surface area contributed by atoms with Crippen molar-refractivity contribution in [2.75, 3.05) is 6.54 Å². The average Bonchev–Trinajstić information content (AvgIpc) is 2.75. The van der Waals surface area contributed by atoms with Crippen LogP contribution in [0.4, 0.5) is 0 Å². The molecular formula is C11H14N4O. The van der Waals surface area contributed by atoms with E-state index in [1.54, 1.807) is 12.1 Å². The van der Waals surface area contributed by atoms with Gasteiger partial charge in [0.05, 0.1) is 6.54 Å². The summed E-state index contributed by atoms with van der Waals surface area (Å²) in [7, 11) is 0. The zero-order chi connectivity index (χ0) is 11.5. The third-order valence-electron chi connectivity index (χ3n) is 2.47. The first-order valence-corrected chi connectivity index (χ1v) is 5.10. The van der Waals surface area contributed by atoms with Crippen LogP contribution in [0.1, 0.15) is 18.1 Å². The van der Waals surface area contributed by atoms with Crippen LogP contribution >= 0.6 is 0 Å². The van der Waals surface area contributed by atoms with E-state index in [1.165, 1.54) is 0 Å². The standard InChI is InChI=1S/C11H14N4O/c1-7-6-13-11(14-7)9-4-2-8(3-5-9)10(12)15-16/h2-5,7,16H,6H2,1H3,(H2,12,15)(H,13,14). The lowest BCUT2D eigenvalue weighted by molar-refractivity contribution is 0.318. The van der Waals surface area contributed by atoms with Crippen LogP contribution in [0.2, 0.25) is 0 Å². The number of hydrogen-bond donors (Lipinski definition) is 3. The zero-order valence-electron chi connectivity index (χ0n) is 9.01. The lowest BCUT2D eigenvalue weighted by Crippen LogP contribution is -2.27. The van der Waals surface area contributed by atoms with Crippen LogP contribution in [-0.2, 0) is 0 Å². The highest BCUT2D eigenvalue weighted by Crippen LogP contribution is 2.08. The van der Waals surface area contributed by atoms with E-state index in [1.807, 2.05) is 12.1 Å². The fourth-order valence-electron chi connectivity index (χ4n) is 1.58. The van der Waals surface area contributed by atoms with E-state index in [2.05, 4.69) is 22.4 Å². The Morgan fingerprint density at radius 2 is 2.19 bits per heavy atom. The number of nitrogens with zero attached hydrogens (tertiary/aromatic N) is 2. The fraction of sp³-hybridized carbons (Fsp3) is 0.273. The van der Waals surface area contributed by atoms with E-state index in [-0.39, 0.29) is 5.84 Å². The molecule has 0 saturated carbocycles. The molecule has 16 heavy (non-hydrogen) atoms. The van der Waals surface area contributed by atoms with Gasteiger partial charge in [-0.2, -0.15) is 0 Å². The van der Waals surface area contributed by atoms with Crippen LogP contribution in [-0.4, -0.2) is 29.5 Å². The van der Waals surface area contributed by atoms with Gasteiger partial charge in [-0.1, -0.05) is 29.4 Å². The maximum absolute atomic E-state index is 8.53. The van der Waals surface area contributed by atoms with Gasteiger partial charge >= 0.3 is 0 Å². The molecule has 0 fully saturated rings. The van der Waals surface area contributed by atoms with Gasteiger partial charge in [0.15, 0.2) is 5.84 Å². The van der Waals surface area contributed by atoms with Crippen LogP contribution < -0.4 is 11.1 Å². The third kappa shape index (κ3) is 1.98. The molecule has 5 nitrogen and oxygen atoms in total. The second-order valence-corrected chi connectivity index (χ2v) is 3.80. The number of benzene rings is 1. The molecule has 0 radical (unpaired) electrons. The summed E-state index contributed by atoms with van der Waals surface area (Å²) in [6.45, 7) is 2.89. The molecule has 1 atom stereocenters. The van der Waals surface area contributed by atoms with E-state index in [0.717, 1.165) is 17.9 Å². The number of nitrogens with one attached hydrogen (secondary N) is 1. The summed E-state index contributed by atoms with van der Waals surface area (Å²) in [6, 6.07) is 7.79. The van der Waals surface area contributed by atoms with Crippen LogP contribution in [0.5, 0.6) is 0 Å². The normalized spacial score (nSPS) is 20.4. The SMILES string of the molecule is CC1CN=C(c2ccc(/C(N)=N/O)cc2)N1. The predicted octanol–water partition coefficient (Wildman–Crippen LogP) is 0.519. The molecule has 1 heterocycles. The highest BCUT2D eigenvalue weighted by molar-refractivity contribution is 6.02. The number of oxime groups is 1. The summed E-state index contributed by atoms with van der Waals surface area (Å²) in [5.74, 6) is 1.01. The minimum Gasteiger partial charge on any atom is -0.409 e. The number of rotatable bonds is 2. The van der Waals surface area contributed by atoms with Gasteiger partial charge in [0, 0.05) is 17.2 Å². The first-order valence-electron chi connectivity index (χ1n) is 5.10. The Kier molecular flexibility index (Phi) is 2.76. The molecule has 2 rings (SSSR count). The van der Waals surface area contributed by atoms with Crippen LogP contribution in [0.15, 0.2) is 34.4 Å². The molecule has 84 valence electrons. The number of amidine groups is 2. The summed E-state index contributed by atoms with van der Waals surface area (Å²) >= 11 is 0. The molecule has 0 bridgehead atoms. The minimum absolute atomic E-state index is 0.112. The van der Waals surface area contributed by atoms with Crippen LogP contribution in [0.25, 0.3) is 0 Å². The molecule has 1 aliphatic heterocycles. The summed E-state index contributed by atoms with van der Waals surface area (Å²) in [6.07, 6.45) is 0. The van der Waals surface area contributed by atoms with Crippen molar-refractivity contribution in [3.8, 4) is 0 Å². The van der Waals surface area contributed by atoms with E-state index in [4.69, 9.17) is 10.9 Å². The van der Waals surface area contributed by atoms with E-state index < -0.39 is 0 Å². The Morgan fingerprint density at radius 3 is 2.69 bits per heavy atom. The topological polar surface area (TPSA) is 83.0 Å². The summed E-state index contributed by atoms with van der Waals surface area (Å²) in [5.41, 5.74) is 7.18. The minimum atomic E-state index is 0.112. The van der Waals surface area contributed by atoms with Crippen molar-refractivity contribution >= 4 is 11.7 Å². The van der Waals surface area contributed by atoms with Gasteiger partial charge in [-0.3, -0.25) is 4.99 Å². The lowest BCUT2D eigenvalue weighted by Gasteiger charge is -2.06. The summed E-state index contributed by atoms with van der Waals surface area (Å²) in [5, 5.41) is 14.7. The van der Waals surface area contributed by atoms with Gasteiger partial charge in [-0.15, -0.1) is 0 Å². The second kappa shape index (κ2) is 4.22. The van der Waals surface area contributed by atoms with Gasteiger partial charge in [-0.05, 0) is 6.92 Å². The number of hydrogen-bond acceptors (Lipinski definition) is 4. The van der Waals surface area contributed by atoms with Crippen molar-refractivity contribution < 1.29 is 5.21 Å². The zero-order valence-corrected chi connectivity index (χ0v) is 9.01. The van der Waals surface area contributed by atoms with Crippen molar-refractivity contribution in [1.82, 2.24) is 5.32 Å². The molecule has 0 amide bonds. The molecule has 5 heteroatoms. The first-order chi connectivity index (χ1) is 7.70. The molecule has 0 aromatic heterocycles. The fourth-order valence-corrected chi connectivity index (χ4v) is 1.58. The molecular weight excluding hydrogens is 204 g/mol. The smallest absolute Gasteiger partial charge is 0.170 e. The average molecular weight is 218 g/mol. The largest absolute Gasteiger partial charge is 0.409 e. The van der Waals surface area contributed by atoms with Crippen molar-refractivity contribution in [3.63, 3.8) is 0 Å². The van der Waals surface area contributed by atoms with Gasteiger partial charge in [-0.25, -0.2) is 0 Å². The van der Waals surface area contributed by atoms with Crippen molar-refractivity contribution in [1.29, 1.82) is 0 Å². The molecule has 0 aliphatic carbocycles. The predicted molar refractivity (Wildman–Crippen MR) is 63.0 cm³/mol. The summed E-state index contributed by atoms with van der Waals surface area (Å²) in [4.78, 5) is 4.38. The molecule has 1 aromatic carbocycles. The van der Waals surface area contributed by atoms with E-state index >= 15 is 0 Å². The first kappa shape index (κ1) is 10.5. The van der Waals surface area contributed by atoms with Gasteiger partial charge in [0.2, 0.25) is 0 Å². The Labute approximate surface area is 93.7 Å². The monoisotopic (exact) mass is 218 g/mol. The summed E-state index contributed by atoms with van der Waals surface area (Å²) < 4.78 is 0. The van der Waals surface area contributed by atoms with Crippen LogP contribution in [0.3, 0.4) is 0 Å². The molecule has 0 saturated heterocycles. The quantitative estimate of drug-likeness (QED) is 0.293. The van der Waals surface area contributed by atoms with Gasteiger partial charge < -0.3 is 16.3 Å². The lowest BCUT2D eigenvalue weighted by atomic mass is 10.1. The maximum Gasteiger partial charge on any atom is 0.170 e. The Balaban J connectivity index is 2.20. The molecule has 0 spiro atoms. The highest BCUT2D eigenvalue weighted by Gasteiger charge is 2.13. The Bertz CT molecular complexity index is 436. The van der Waals surface area contributed by atoms with Gasteiger partial charge in [0.25, 0.3) is 0 Å². The molecule has 1 unspecified atom stereocenters. The molecule has 1 aromatic rings. The van der Waals surface area contributed by atoms with Gasteiger partial charge in [0.1, 0.15) is 5.84 Å². The molecule has 1 aliphatic rings. The van der Waals surface area contributed by atoms with Crippen LogP contribution in [0, 0.1) is 0 Å². The number of aliphatic imine (C=N–C) groups is 1. The van der Waals surface area contributed by atoms with Crippen molar-refractivity contribution in [2.45, 2.75) is 13.0 Å². The van der Waals surface area contributed by atoms with E-state index in [0.29, 0.717) is 11.6 Å². The third-order valence-corrected chi connectivity index (χ3v) is 2.47. The Morgan fingerprint density at radius 1 is 1.50 bits per heavy atom. The van der Waals surface area contributed by atoms with E-state index in [9.17, 15) is 0 Å². The maximum atomic E-state index is 8.53. The highest BCUT2D eigenvalue weighted by atomic mass is 16.4. The van der Waals surface area contributed by atoms with Crippen molar-refractivity contribution in [2.24, 2.45) is 15.9 Å². The molecule has 4 N–H and O–H groups in total. The second-order valence-electron chi connectivity index (χ2n) is 3.80. The van der Waals surface area contributed by atoms with Crippen molar-refractivity contribution in [3.05, 3.63) is 35.4 Å².